The molecule has 0 fully saturated rings. The molecule has 1 heterocycles. The Kier molecular flexibility index (Phi) is 6.98. The Morgan fingerprint density at radius 3 is 2.33 bits per heavy atom. The van der Waals surface area contributed by atoms with E-state index in [-0.39, 0.29) is 22.1 Å². The average molecular weight is 541 g/mol. The summed E-state index contributed by atoms with van der Waals surface area (Å²) in [5.41, 5.74) is 9.74. The number of hydrogen-bond donors (Lipinski definition) is 3. The van der Waals surface area contributed by atoms with E-state index < -0.39 is 15.9 Å². The Labute approximate surface area is 224 Å². The highest BCUT2D eigenvalue weighted by atomic mass is 32.2. The molecule has 11 heteroatoms. The van der Waals surface area contributed by atoms with Gasteiger partial charge < -0.3 is 15.8 Å². The number of para-hydroxylation sites is 1. The molecule has 0 saturated heterocycles. The second kappa shape index (κ2) is 10.7. The van der Waals surface area contributed by atoms with Crippen molar-refractivity contribution in [2.24, 2.45) is 5.10 Å². The maximum absolute atomic E-state index is 13.3. The van der Waals surface area contributed by atoms with Crippen LogP contribution < -0.4 is 21.2 Å². The van der Waals surface area contributed by atoms with Crippen molar-refractivity contribution in [1.29, 1.82) is 0 Å². The minimum Gasteiger partial charge on any atom is -0.496 e. The molecule has 1 aromatic heterocycles. The number of nitrogens with zero attached hydrogens (tertiary/aromatic N) is 3. The van der Waals surface area contributed by atoms with Gasteiger partial charge in [-0.1, -0.05) is 66.7 Å². The molecule has 0 atom stereocenters. The molecule has 0 radical (unpaired) electrons. The SMILES string of the molecule is COc1ccc2ccccc2c1/C=N/NC(=O)c1c(Nc2ccccc2)nn(S(=O)(=O)c2ccccc2)c1N. The number of benzene rings is 4. The van der Waals surface area contributed by atoms with Gasteiger partial charge >= 0.3 is 0 Å². The minimum atomic E-state index is -4.19. The normalized spacial score (nSPS) is 11.5. The van der Waals surface area contributed by atoms with E-state index in [0.717, 1.165) is 10.8 Å². The van der Waals surface area contributed by atoms with E-state index in [1.54, 1.807) is 49.6 Å². The summed E-state index contributed by atoms with van der Waals surface area (Å²) in [6, 6.07) is 28.0. The summed E-state index contributed by atoms with van der Waals surface area (Å²) in [5, 5.41) is 13.1. The molecular formula is C28H24N6O4S. The monoisotopic (exact) mass is 540 g/mol. The van der Waals surface area contributed by atoms with Gasteiger partial charge in [-0.3, -0.25) is 4.79 Å². The number of aromatic nitrogens is 2. The van der Waals surface area contributed by atoms with E-state index in [2.05, 4.69) is 20.9 Å². The van der Waals surface area contributed by atoms with Gasteiger partial charge in [-0.15, -0.1) is 9.19 Å². The maximum Gasteiger partial charge on any atom is 0.284 e. The number of anilines is 3. The first-order valence-corrected chi connectivity index (χ1v) is 13.2. The molecule has 5 aromatic rings. The van der Waals surface area contributed by atoms with E-state index in [1.807, 2.05) is 42.5 Å². The van der Waals surface area contributed by atoms with Crippen LogP contribution in [0.15, 0.2) is 107 Å². The molecular weight excluding hydrogens is 516 g/mol. The predicted molar refractivity (Wildman–Crippen MR) is 151 cm³/mol. The highest BCUT2D eigenvalue weighted by Crippen LogP contribution is 2.29. The number of hydrazone groups is 1. The Hall–Kier alpha value is -5.16. The Morgan fingerprint density at radius 1 is 0.949 bits per heavy atom. The highest BCUT2D eigenvalue weighted by molar-refractivity contribution is 7.90. The molecule has 0 saturated carbocycles. The molecule has 5 rings (SSSR count). The van der Waals surface area contributed by atoms with E-state index >= 15 is 0 Å². The number of carbonyl (C=O) groups excluding carboxylic acids is 1. The van der Waals surface area contributed by atoms with Crippen LogP contribution in [0.4, 0.5) is 17.3 Å². The summed E-state index contributed by atoms with van der Waals surface area (Å²) in [4.78, 5) is 13.3. The van der Waals surface area contributed by atoms with E-state index in [1.165, 1.54) is 18.3 Å². The lowest BCUT2D eigenvalue weighted by molar-refractivity contribution is 0.0957. The highest BCUT2D eigenvalue weighted by Gasteiger charge is 2.29. The summed E-state index contributed by atoms with van der Waals surface area (Å²) in [5.74, 6) is -0.600. The topological polar surface area (TPSA) is 141 Å². The van der Waals surface area contributed by atoms with Crippen molar-refractivity contribution in [3.8, 4) is 5.75 Å². The third kappa shape index (κ3) is 5.03. The molecule has 4 aromatic carbocycles. The Balaban J connectivity index is 1.52. The third-order valence-corrected chi connectivity index (χ3v) is 7.53. The van der Waals surface area contributed by atoms with Gasteiger partial charge in [0.05, 0.1) is 18.2 Å². The van der Waals surface area contributed by atoms with Gasteiger partial charge in [0, 0.05) is 11.3 Å². The van der Waals surface area contributed by atoms with Gasteiger partial charge in [-0.2, -0.15) is 13.5 Å². The van der Waals surface area contributed by atoms with Crippen molar-refractivity contribution >= 4 is 50.2 Å². The van der Waals surface area contributed by atoms with Gasteiger partial charge in [-0.05, 0) is 41.1 Å². The van der Waals surface area contributed by atoms with Gasteiger partial charge in [0.2, 0.25) is 0 Å². The summed E-state index contributed by atoms with van der Waals surface area (Å²) in [6.07, 6.45) is 1.46. The summed E-state index contributed by atoms with van der Waals surface area (Å²) >= 11 is 0. The second-order valence-corrected chi connectivity index (χ2v) is 10.1. The van der Waals surface area contributed by atoms with Crippen LogP contribution in [0.1, 0.15) is 15.9 Å². The van der Waals surface area contributed by atoms with Crippen molar-refractivity contribution in [1.82, 2.24) is 14.6 Å². The number of hydrogen-bond acceptors (Lipinski definition) is 8. The van der Waals surface area contributed by atoms with Crippen LogP contribution in [0.2, 0.25) is 0 Å². The lowest BCUT2D eigenvalue weighted by atomic mass is 10.0. The zero-order valence-electron chi connectivity index (χ0n) is 20.8. The molecule has 0 spiro atoms. The molecule has 39 heavy (non-hydrogen) atoms. The van der Waals surface area contributed by atoms with Gasteiger partial charge in [0.1, 0.15) is 11.3 Å². The third-order valence-electron chi connectivity index (χ3n) is 5.93. The molecule has 0 unspecified atom stereocenters. The molecule has 0 bridgehead atoms. The van der Waals surface area contributed by atoms with Gasteiger partial charge in [0.15, 0.2) is 11.6 Å². The first-order valence-electron chi connectivity index (χ1n) is 11.8. The fourth-order valence-corrected chi connectivity index (χ4v) is 5.29. The van der Waals surface area contributed by atoms with Gasteiger partial charge in [-0.25, -0.2) is 5.43 Å². The smallest absolute Gasteiger partial charge is 0.284 e. The molecule has 4 N–H and O–H groups in total. The minimum absolute atomic E-state index is 0.0292. The number of rotatable bonds is 8. The number of carbonyl (C=O) groups is 1. The van der Waals surface area contributed by atoms with Crippen LogP contribution in [0, 0.1) is 0 Å². The Morgan fingerprint density at radius 2 is 1.62 bits per heavy atom. The van der Waals surface area contributed by atoms with E-state index in [9.17, 15) is 13.2 Å². The fourth-order valence-electron chi connectivity index (χ4n) is 4.05. The van der Waals surface area contributed by atoms with Crippen molar-refractivity contribution in [3.05, 3.63) is 108 Å². The zero-order chi connectivity index (χ0) is 27.4. The summed E-state index contributed by atoms with van der Waals surface area (Å²) in [6.45, 7) is 0. The van der Waals surface area contributed by atoms with Crippen molar-refractivity contribution in [2.75, 3.05) is 18.2 Å². The number of nitrogens with two attached hydrogens (primary N) is 1. The Bertz CT molecular complexity index is 1790. The number of methoxy groups -OCH3 is 1. The van der Waals surface area contributed by atoms with Crippen LogP contribution in [0.5, 0.6) is 5.75 Å². The zero-order valence-corrected chi connectivity index (χ0v) is 21.6. The van der Waals surface area contributed by atoms with Crippen LogP contribution in [-0.2, 0) is 10.0 Å². The van der Waals surface area contributed by atoms with Crippen molar-refractivity contribution < 1.29 is 17.9 Å². The summed E-state index contributed by atoms with van der Waals surface area (Å²) < 4.78 is 32.7. The lowest BCUT2D eigenvalue weighted by Crippen LogP contribution is -2.21. The second-order valence-electron chi connectivity index (χ2n) is 8.36. The first-order chi connectivity index (χ1) is 18.9. The van der Waals surface area contributed by atoms with Gasteiger partial charge in [0.25, 0.3) is 15.9 Å². The number of ether oxygens (including phenoxy) is 1. The van der Waals surface area contributed by atoms with Crippen molar-refractivity contribution in [3.63, 3.8) is 0 Å². The lowest BCUT2D eigenvalue weighted by Gasteiger charge is -2.09. The van der Waals surface area contributed by atoms with E-state index in [4.69, 9.17) is 10.5 Å². The predicted octanol–water partition coefficient (Wildman–Crippen LogP) is 4.37. The summed E-state index contributed by atoms with van der Waals surface area (Å²) in [7, 11) is -2.64. The maximum atomic E-state index is 13.3. The number of amides is 1. The first kappa shape index (κ1) is 25.5. The van der Waals surface area contributed by atoms with Crippen LogP contribution in [-0.4, -0.2) is 36.8 Å². The molecule has 196 valence electrons. The van der Waals surface area contributed by atoms with Crippen molar-refractivity contribution in [2.45, 2.75) is 4.90 Å². The molecule has 0 aliphatic carbocycles. The number of fused-ring (bicyclic) bond motifs is 1. The molecule has 1 amide bonds. The molecule has 0 aliphatic heterocycles. The fraction of sp³-hybridized carbons (Fsp3) is 0.0357. The number of nitrogens with one attached hydrogen (secondary N) is 2. The van der Waals surface area contributed by atoms with Crippen LogP contribution >= 0.6 is 0 Å². The quantitative estimate of drug-likeness (QED) is 0.196. The van der Waals surface area contributed by atoms with Crippen LogP contribution in [0.3, 0.4) is 0 Å². The standard InChI is InChI=1S/C28H24N6O4S/c1-38-24-17-16-19-10-8-9-15-22(19)23(24)18-30-32-28(35)25-26(29)34(39(36,37)21-13-6-3-7-14-21)33-27(25)31-20-11-4-2-5-12-20/h2-18H,29H2,1H3,(H,31,33)(H,32,35)/b30-18+. The number of nitrogen functional groups attached to an aromatic ring is 1. The van der Waals surface area contributed by atoms with E-state index in [0.29, 0.717) is 21.1 Å². The van der Waals surface area contributed by atoms with Crippen LogP contribution in [0.25, 0.3) is 10.8 Å². The molecule has 10 nitrogen and oxygen atoms in total. The largest absolute Gasteiger partial charge is 0.496 e. The average Bonchev–Trinajstić information content (AvgIpc) is 3.30. The molecule has 0 aliphatic rings.